The monoisotopic (exact) mass is 413 g/mol. The Morgan fingerprint density at radius 2 is 1.79 bits per heavy atom. The molecule has 3 rings (SSSR count). The Hall–Kier alpha value is -3.20. The number of benzene rings is 2. The molecule has 29 heavy (non-hydrogen) atoms. The zero-order valence-electron chi connectivity index (χ0n) is 16.5. The third-order valence-corrected chi connectivity index (χ3v) is 5.15. The van der Waals surface area contributed by atoms with Crippen LogP contribution >= 0.6 is 11.8 Å². The van der Waals surface area contributed by atoms with Gasteiger partial charge in [0.05, 0.1) is 19.0 Å². The number of anilines is 1. The van der Waals surface area contributed by atoms with Gasteiger partial charge in [0.1, 0.15) is 11.5 Å². The number of hydrogen-bond donors (Lipinski definition) is 2. The van der Waals surface area contributed by atoms with E-state index in [-0.39, 0.29) is 5.91 Å². The molecule has 0 bridgehead atoms. The summed E-state index contributed by atoms with van der Waals surface area (Å²) in [6, 6.07) is 14.6. The molecule has 0 aliphatic rings. The minimum Gasteiger partial charge on any atom is -0.497 e. The number of carbonyl (C=O) groups is 1. The SMILES string of the molecule is CCOc1ccc(-c2nnc(S[C@H](C)C(=O)Nc3ccc(OC)cc3)n2N)cc1. The molecule has 3 N–H and O–H groups in total. The number of carbonyl (C=O) groups excluding carboxylic acids is 1. The molecule has 0 saturated heterocycles. The highest BCUT2D eigenvalue weighted by molar-refractivity contribution is 8.00. The fraction of sp³-hybridized carbons (Fsp3) is 0.250. The number of rotatable bonds is 8. The fourth-order valence-electron chi connectivity index (χ4n) is 2.55. The highest BCUT2D eigenvalue weighted by Gasteiger charge is 2.20. The number of nitrogens with zero attached hydrogens (tertiary/aromatic N) is 3. The molecule has 8 nitrogen and oxygen atoms in total. The molecule has 1 amide bonds. The molecule has 3 aromatic rings. The van der Waals surface area contributed by atoms with Crippen molar-refractivity contribution in [2.45, 2.75) is 24.3 Å². The second kappa shape index (κ2) is 9.33. The van der Waals surface area contributed by atoms with E-state index in [0.29, 0.717) is 23.3 Å². The quantitative estimate of drug-likeness (QED) is 0.432. The molecule has 0 aliphatic carbocycles. The number of methoxy groups -OCH3 is 1. The van der Waals surface area contributed by atoms with Gasteiger partial charge in [-0.2, -0.15) is 0 Å². The largest absolute Gasteiger partial charge is 0.497 e. The minimum atomic E-state index is -0.420. The van der Waals surface area contributed by atoms with Gasteiger partial charge in [-0.15, -0.1) is 10.2 Å². The van der Waals surface area contributed by atoms with E-state index in [1.165, 1.54) is 16.4 Å². The lowest BCUT2D eigenvalue weighted by Gasteiger charge is -2.12. The van der Waals surface area contributed by atoms with Gasteiger partial charge in [0.15, 0.2) is 5.82 Å². The summed E-state index contributed by atoms with van der Waals surface area (Å²) in [5.41, 5.74) is 1.50. The van der Waals surface area contributed by atoms with Crippen molar-refractivity contribution >= 4 is 23.4 Å². The van der Waals surface area contributed by atoms with Gasteiger partial charge in [-0.3, -0.25) is 4.79 Å². The summed E-state index contributed by atoms with van der Waals surface area (Å²) in [6.45, 7) is 4.32. The van der Waals surface area contributed by atoms with Crippen molar-refractivity contribution in [3.63, 3.8) is 0 Å². The summed E-state index contributed by atoms with van der Waals surface area (Å²) in [5, 5.41) is 11.2. The number of hydrogen-bond acceptors (Lipinski definition) is 7. The first-order valence-electron chi connectivity index (χ1n) is 9.07. The minimum absolute atomic E-state index is 0.161. The molecule has 0 aliphatic heterocycles. The first kappa shape index (κ1) is 20.5. The van der Waals surface area contributed by atoms with E-state index < -0.39 is 5.25 Å². The fourth-order valence-corrected chi connectivity index (χ4v) is 3.32. The smallest absolute Gasteiger partial charge is 0.237 e. The van der Waals surface area contributed by atoms with Crippen LogP contribution in [0.3, 0.4) is 0 Å². The Labute approximate surface area is 173 Å². The number of amides is 1. The highest BCUT2D eigenvalue weighted by atomic mass is 32.2. The van der Waals surface area contributed by atoms with Crippen LogP contribution in [0.5, 0.6) is 11.5 Å². The number of nitrogen functional groups attached to an aromatic ring is 1. The lowest BCUT2D eigenvalue weighted by Crippen LogP contribution is -2.23. The lowest BCUT2D eigenvalue weighted by molar-refractivity contribution is -0.115. The Morgan fingerprint density at radius 1 is 1.14 bits per heavy atom. The molecule has 0 fully saturated rings. The summed E-state index contributed by atoms with van der Waals surface area (Å²) < 4.78 is 11.9. The van der Waals surface area contributed by atoms with E-state index in [1.807, 2.05) is 31.2 Å². The van der Waals surface area contributed by atoms with Gasteiger partial charge in [-0.05, 0) is 62.4 Å². The third-order valence-electron chi connectivity index (χ3n) is 4.10. The van der Waals surface area contributed by atoms with Gasteiger partial charge in [0.2, 0.25) is 11.1 Å². The summed E-state index contributed by atoms with van der Waals surface area (Å²) in [6.07, 6.45) is 0. The number of ether oxygens (including phenoxy) is 2. The van der Waals surface area contributed by atoms with E-state index in [1.54, 1.807) is 38.3 Å². The van der Waals surface area contributed by atoms with Crippen molar-refractivity contribution in [2.24, 2.45) is 0 Å². The van der Waals surface area contributed by atoms with Gasteiger partial charge >= 0.3 is 0 Å². The maximum absolute atomic E-state index is 12.5. The van der Waals surface area contributed by atoms with Crippen LogP contribution in [0, 0.1) is 0 Å². The number of nitrogens with two attached hydrogens (primary N) is 1. The summed E-state index contributed by atoms with van der Waals surface area (Å²) in [4.78, 5) is 12.5. The van der Waals surface area contributed by atoms with Crippen molar-refractivity contribution in [3.8, 4) is 22.9 Å². The van der Waals surface area contributed by atoms with Crippen LogP contribution in [-0.4, -0.2) is 39.7 Å². The lowest BCUT2D eigenvalue weighted by atomic mass is 10.2. The van der Waals surface area contributed by atoms with Gasteiger partial charge < -0.3 is 20.6 Å². The van der Waals surface area contributed by atoms with Crippen LogP contribution in [0.25, 0.3) is 11.4 Å². The van der Waals surface area contributed by atoms with Gasteiger partial charge in [0, 0.05) is 11.3 Å². The predicted octanol–water partition coefficient (Wildman–Crippen LogP) is 3.19. The predicted molar refractivity (Wildman–Crippen MR) is 114 cm³/mol. The van der Waals surface area contributed by atoms with Gasteiger partial charge in [-0.25, -0.2) is 4.68 Å². The molecule has 2 aromatic carbocycles. The van der Waals surface area contributed by atoms with Crippen LogP contribution < -0.4 is 20.6 Å². The zero-order chi connectivity index (χ0) is 20.8. The average molecular weight is 414 g/mol. The molecular formula is C20H23N5O3S. The van der Waals surface area contributed by atoms with E-state index in [0.717, 1.165) is 17.1 Å². The van der Waals surface area contributed by atoms with E-state index >= 15 is 0 Å². The molecule has 152 valence electrons. The average Bonchev–Trinajstić information content (AvgIpc) is 3.09. The second-order valence-electron chi connectivity index (χ2n) is 6.11. The summed E-state index contributed by atoms with van der Waals surface area (Å²) in [5.74, 6) is 8.01. The van der Waals surface area contributed by atoms with Crippen molar-refractivity contribution in [1.29, 1.82) is 0 Å². The van der Waals surface area contributed by atoms with Crippen LogP contribution in [0.1, 0.15) is 13.8 Å². The molecule has 0 unspecified atom stereocenters. The first-order chi connectivity index (χ1) is 14.0. The molecular weight excluding hydrogens is 390 g/mol. The van der Waals surface area contributed by atoms with Crippen molar-refractivity contribution in [2.75, 3.05) is 24.9 Å². The summed E-state index contributed by atoms with van der Waals surface area (Å²) >= 11 is 1.23. The zero-order valence-corrected chi connectivity index (χ0v) is 17.3. The van der Waals surface area contributed by atoms with Crippen LogP contribution in [0.15, 0.2) is 53.7 Å². The van der Waals surface area contributed by atoms with Crippen molar-refractivity contribution in [1.82, 2.24) is 14.9 Å². The molecule has 1 atom stereocenters. The molecule has 1 aromatic heterocycles. The molecule has 9 heteroatoms. The number of aromatic nitrogens is 3. The molecule has 1 heterocycles. The van der Waals surface area contributed by atoms with E-state index in [2.05, 4.69) is 15.5 Å². The standard InChI is InChI=1S/C20H23N5O3S/c1-4-28-17-9-5-14(6-10-17)18-23-24-20(25(18)21)29-13(2)19(26)22-15-7-11-16(27-3)12-8-15/h5-13H,4,21H2,1-3H3,(H,22,26)/t13-/m1/s1. The summed E-state index contributed by atoms with van der Waals surface area (Å²) in [7, 11) is 1.59. The van der Waals surface area contributed by atoms with Crippen molar-refractivity contribution < 1.29 is 14.3 Å². The maximum atomic E-state index is 12.5. The maximum Gasteiger partial charge on any atom is 0.237 e. The number of nitrogens with one attached hydrogen (secondary N) is 1. The van der Waals surface area contributed by atoms with Gasteiger partial charge in [-0.1, -0.05) is 11.8 Å². The first-order valence-corrected chi connectivity index (χ1v) is 9.95. The van der Waals surface area contributed by atoms with Crippen LogP contribution in [0.2, 0.25) is 0 Å². The van der Waals surface area contributed by atoms with Gasteiger partial charge in [0.25, 0.3) is 0 Å². The van der Waals surface area contributed by atoms with Crippen LogP contribution in [-0.2, 0) is 4.79 Å². The van der Waals surface area contributed by atoms with E-state index in [9.17, 15) is 4.79 Å². The second-order valence-corrected chi connectivity index (χ2v) is 7.42. The Kier molecular flexibility index (Phi) is 6.61. The van der Waals surface area contributed by atoms with Crippen LogP contribution in [0.4, 0.5) is 5.69 Å². The Balaban J connectivity index is 1.65. The normalized spacial score (nSPS) is 11.7. The molecule has 0 radical (unpaired) electrons. The number of thioether (sulfide) groups is 1. The van der Waals surface area contributed by atoms with E-state index in [4.69, 9.17) is 15.3 Å². The Bertz CT molecular complexity index is 957. The Morgan fingerprint density at radius 3 is 2.41 bits per heavy atom. The topological polar surface area (TPSA) is 104 Å². The third kappa shape index (κ3) is 5.00. The molecule has 0 saturated carbocycles. The highest BCUT2D eigenvalue weighted by Crippen LogP contribution is 2.26. The molecule has 0 spiro atoms. The van der Waals surface area contributed by atoms with Crippen molar-refractivity contribution in [3.05, 3.63) is 48.5 Å².